The molecule has 11 nitrogen and oxygen atoms in total. The Kier molecular flexibility index (Phi) is 14.3. The molecule has 0 unspecified atom stereocenters. The Morgan fingerprint density at radius 2 is 1.24 bits per heavy atom. The average Bonchev–Trinajstić information content (AvgIpc) is 3.38. The highest BCUT2D eigenvalue weighted by Gasteiger charge is 2.39. The molecule has 0 saturated carbocycles. The molecule has 0 atom stereocenters. The van der Waals surface area contributed by atoms with Crippen LogP contribution in [0.25, 0.3) is 0 Å². The molecule has 0 amide bonds. The Hall–Kier alpha value is -4.88. The van der Waals surface area contributed by atoms with Crippen molar-refractivity contribution < 1.29 is 73.6 Å². The lowest BCUT2D eigenvalue weighted by molar-refractivity contribution is -0.193. The first-order valence-electron chi connectivity index (χ1n) is 11.9. The Bertz CT molecular complexity index is 1290. The number of halogens is 9. The van der Waals surface area contributed by atoms with Crippen molar-refractivity contribution in [2.24, 2.45) is 0 Å². The van der Waals surface area contributed by atoms with E-state index in [2.05, 4.69) is 38.0 Å². The fourth-order valence-electron chi connectivity index (χ4n) is 3.15. The van der Waals surface area contributed by atoms with Crippen molar-refractivity contribution in [2.75, 3.05) is 18.0 Å². The van der Waals surface area contributed by atoms with Gasteiger partial charge in [0.2, 0.25) is 0 Å². The maximum atomic E-state index is 10.6. The molecule has 1 aliphatic heterocycles. The predicted octanol–water partition coefficient (Wildman–Crippen LogP) is 4.99. The molecule has 20 heteroatoms. The number of carbonyl (C=O) groups is 3. The number of hydrogen-bond donors (Lipinski definition) is 3. The van der Waals surface area contributed by atoms with E-state index in [1.165, 1.54) is 11.1 Å². The van der Waals surface area contributed by atoms with E-state index < -0.39 is 36.4 Å². The molecule has 3 aromatic rings. The highest BCUT2D eigenvalue weighted by atomic mass is 19.4. The summed E-state index contributed by atoms with van der Waals surface area (Å²) in [6, 6.07) is 12.3. The topological polar surface area (TPSA) is 157 Å². The van der Waals surface area contributed by atoms with Gasteiger partial charge in [0.15, 0.2) is 0 Å². The van der Waals surface area contributed by atoms with Gasteiger partial charge in [-0.25, -0.2) is 19.4 Å². The molecule has 0 spiro atoms. The summed E-state index contributed by atoms with van der Waals surface area (Å²) in [4.78, 5) is 40.2. The third-order valence-corrected chi connectivity index (χ3v) is 5.06. The molecule has 4 heterocycles. The Labute approximate surface area is 247 Å². The lowest BCUT2D eigenvalue weighted by Gasteiger charge is -2.23. The van der Waals surface area contributed by atoms with Crippen molar-refractivity contribution in [1.29, 1.82) is 0 Å². The van der Waals surface area contributed by atoms with Gasteiger partial charge in [0.25, 0.3) is 0 Å². The van der Waals surface area contributed by atoms with Gasteiger partial charge < -0.3 is 24.6 Å². The highest BCUT2D eigenvalue weighted by Crippen LogP contribution is 2.25. The van der Waals surface area contributed by atoms with Crippen LogP contribution in [0.3, 0.4) is 0 Å². The number of aliphatic carboxylic acids is 3. The summed E-state index contributed by atoms with van der Waals surface area (Å²) in [6.07, 6.45) is -7.95. The number of pyridine rings is 2. The largest absolute Gasteiger partial charge is 0.490 e. The number of rotatable bonds is 4. The number of aromatic nitrogens is 2. The van der Waals surface area contributed by atoms with Crippen molar-refractivity contribution >= 4 is 23.7 Å². The summed E-state index contributed by atoms with van der Waals surface area (Å²) in [5.74, 6) is -6.19. The SMILES string of the molecule is O=C(O)C(F)(F)F.O=C(O)C(F)(F)F.O=C(O)C(F)(F)F.c1coc(CN2CCN(Cc3ccncc3)c3ncccc3C2)c1. The number of fused-ring (bicyclic) bond motifs is 1. The van der Waals surface area contributed by atoms with E-state index in [9.17, 15) is 39.5 Å². The molecular formula is C25H23F9N4O7. The number of nitrogens with zero attached hydrogens (tertiary/aromatic N) is 4. The number of furan rings is 1. The van der Waals surface area contributed by atoms with Gasteiger partial charge in [-0.1, -0.05) is 6.07 Å². The van der Waals surface area contributed by atoms with Crippen LogP contribution in [0.5, 0.6) is 0 Å². The van der Waals surface area contributed by atoms with Crippen LogP contribution in [0, 0.1) is 0 Å². The molecular weight excluding hydrogens is 639 g/mol. The third-order valence-electron chi connectivity index (χ3n) is 5.06. The first kappa shape index (κ1) is 38.1. The third kappa shape index (κ3) is 14.9. The van der Waals surface area contributed by atoms with Crippen LogP contribution in [0.15, 0.2) is 65.7 Å². The zero-order valence-electron chi connectivity index (χ0n) is 22.5. The summed E-state index contributed by atoms with van der Waals surface area (Å²) >= 11 is 0. The van der Waals surface area contributed by atoms with Gasteiger partial charge in [-0.05, 0) is 35.9 Å². The van der Waals surface area contributed by atoms with Gasteiger partial charge in [-0.2, -0.15) is 39.5 Å². The molecule has 3 aromatic heterocycles. The van der Waals surface area contributed by atoms with Gasteiger partial charge in [0.1, 0.15) is 11.6 Å². The van der Waals surface area contributed by atoms with Crippen LogP contribution in [0.2, 0.25) is 0 Å². The molecule has 0 bridgehead atoms. The van der Waals surface area contributed by atoms with E-state index >= 15 is 0 Å². The molecule has 4 rings (SSSR count). The Morgan fingerprint density at radius 3 is 1.69 bits per heavy atom. The van der Waals surface area contributed by atoms with Crippen LogP contribution in [-0.4, -0.2) is 79.7 Å². The summed E-state index contributed by atoms with van der Waals surface area (Å²) in [6.45, 7) is 4.47. The number of carboxylic acid groups (broad SMARTS) is 3. The van der Waals surface area contributed by atoms with Crippen molar-refractivity contribution in [3.8, 4) is 0 Å². The number of anilines is 1. The first-order chi connectivity index (χ1) is 20.7. The van der Waals surface area contributed by atoms with Gasteiger partial charge in [0, 0.05) is 50.3 Å². The number of hydrogen-bond acceptors (Lipinski definition) is 8. The summed E-state index contributed by atoms with van der Waals surface area (Å²) in [7, 11) is 0. The minimum Gasteiger partial charge on any atom is -0.475 e. The zero-order valence-corrected chi connectivity index (χ0v) is 22.5. The number of carboxylic acids is 3. The smallest absolute Gasteiger partial charge is 0.475 e. The zero-order chi connectivity index (χ0) is 34.4. The van der Waals surface area contributed by atoms with Crippen molar-refractivity contribution in [2.45, 2.75) is 38.2 Å². The maximum absolute atomic E-state index is 10.6. The van der Waals surface area contributed by atoms with E-state index in [0.717, 1.165) is 44.3 Å². The van der Waals surface area contributed by atoms with Crippen molar-refractivity contribution in [3.63, 3.8) is 0 Å². The predicted molar refractivity (Wildman–Crippen MR) is 133 cm³/mol. The van der Waals surface area contributed by atoms with E-state index in [1.807, 2.05) is 36.8 Å². The van der Waals surface area contributed by atoms with Crippen molar-refractivity contribution in [1.82, 2.24) is 14.9 Å². The lowest BCUT2D eigenvalue weighted by Crippen LogP contribution is -2.31. The van der Waals surface area contributed by atoms with E-state index in [4.69, 9.17) is 34.1 Å². The Morgan fingerprint density at radius 1 is 0.733 bits per heavy atom. The fraction of sp³-hybridized carbons (Fsp3) is 0.320. The monoisotopic (exact) mass is 662 g/mol. The maximum Gasteiger partial charge on any atom is 0.490 e. The lowest BCUT2D eigenvalue weighted by atomic mass is 10.2. The van der Waals surface area contributed by atoms with Crippen LogP contribution in [0.4, 0.5) is 45.3 Å². The molecule has 3 N–H and O–H groups in total. The summed E-state index contributed by atoms with van der Waals surface area (Å²) in [5, 5.41) is 21.4. The van der Waals surface area contributed by atoms with Gasteiger partial charge in [0.05, 0.1) is 12.8 Å². The van der Waals surface area contributed by atoms with Gasteiger partial charge >= 0.3 is 36.4 Å². The molecule has 1 aliphatic rings. The molecule has 0 aliphatic carbocycles. The normalized spacial score (nSPS) is 13.3. The molecule has 248 valence electrons. The second-order valence-electron chi connectivity index (χ2n) is 8.46. The quantitative estimate of drug-likeness (QED) is 0.324. The van der Waals surface area contributed by atoms with E-state index in [1.54, 1.807) is 6.26 Å². The molecule has 0 fully saturated rings. The van der Waals surface area contributed by atoms with Crippen molar-refractivity contribution in [3.05, 3.63) is 78.1 Å². The molecule has 0 saturated heterocycles. The fourth-order valence-corrected chi connectivity index (χ4v) is 3.15. The van der Waals surface area contributed by atoms with Crippen LogP contribution >= 0.6 is 0 Å². The first-order valence-corrected chi connectivity index (χ1v) is 11.9. The second-order valence-corrected chi connectivity index (χ2v) is 8.46. The molecule has 45 heavy (non-hydrogen) atoms. The van der Waals surface area contributed by atoms with Gasteiger partial charge in [-0.3, -0.25) is 9.88 Å². The highest BCUT2D eigenvalue weighted by molar-refractivity contribution is 5.73. The summed E-state index contributed by atoms with van der Waals surface area (Å²) in [5.41, 5.74) is 2.51. The van der Waals surface area contributed by atoms with Crippen LogP contribution in [0.1, 0.15) is 16.9 Å². The van der Waals surface area contributed by atoms with Crippen LogP contribution in [-0.2, 0) is 34.0 Å². The minimum atomic E-state index is -5.08. The van der Waals surface area contributed by atoms with Crippen LogP contribution < -0.4 is 4.90 Å². The standard InChI is InChI=1S/C19H20N4O.3C2HF3O2/c1-3-17-14-22(15-18-4-2-12-24-18)10-11-23(19(17)21-7-1)13-16-5-8-20-9-6-16;3*3-2(4,5)1(6)7/h1-9,12H,10-11,13-15H2;3*(H,6,7). The Balaban J connectivity index is 0.000000396. The second kappa shape index (κ2) is 16.8. The van der Waals surface area contributed by atoms with Gasteiger partial charge in [-0.15, -0.1) is 0 Å². The molecule has 0 aromatic carbocycles. The van der Waals surface area contributed by atoms with E-state index in [0.29, 0.717) is 0 Å². The van der Waals surface area contributed by atoms with E-state index in [-0.39, 0.29) is 0 Å². The average molecular weight is 662 g/mol. The molecule has 0 radical (unpaired) electrons. The number of alkyl halides is 9. The minimum absolute atomic E-state index is 0.824. The summed E-state index contributed by atoms with van der Waals surface area (Å²) < 4.78 is 101.